The highest BCUT2D eigenvalue weighted by Crippen LogP contribution is 2.16. The Morgan fingerprint density at radius 2 is 1.65 bits per heavy atom. The molecule has 0 bridgehead atoms. The van der Waals surface area contributed by atoms with Crippen LogP contribution in [0.25, 0.3) is 0 Å². The van der Waals surface area contributed by atoms with E-state index in [0.29, 0.717) is 0 Å². The van der Waals surface area contributed by atoms with Crippen molar-refractivity contribution in [2.45, 2.75) is 53.2 Å². The number of amides is 1. The average molecular weight is 245 g/mol. The molecule has 0 aromatic carbocycles. The fourth-order valence-electron chi connectivity index (χ4n) is 1.28. The van der Waals surface area contributed by atoms with Gasteiger partial charge in [0.15, 0.2) is 0 Å². The molecular formula is C12H23NO4. The molecule has 0 saturated carbocycles. The normalized spacial score (nSPS) is 16.8. The molecular weight excluding hydrogens is 222 g/mol. The van der Waals surface area contributed by atoms with Gasteiger partial charge in [0.2, 0.25) is 0 Å². The second-order valence-corrected chi connectivity index (χ2v) is 5.42. The highest BCUT2D eigenvalue weighted by molar-refractivity contribution is 5.71. The van der Waals surface area contributed by atoms with E-state index in [1.165, 1.54) is 0 Å². The first-order chi connectivity index (χ1) is 7.54. The first-order valence-corrected chi connectivity index (χ1v) is 5.77. The zero-order valence-corrected chi connectivity index (χ0v) is 11.4. The molecule has 0 aromatic rings. The SMILES string of the molecule is C[C@@H]([C@@H](C)NC(=O)OC(C)(C)C)[C@@H](C)C(=O)O. The number of hydrogen-bond acceptors (Lipinski definition) is 3. The number of alkyl carbamates (subject to hydrolysis) is 1. The molecule has 1 amide bonds. The van der Waals surface area contributed by atoms with Crippen molar-refractivity contribution in [3.05, 3.63) is 0 Å². The molecule has 0 fully saturated rings. The van der Waals surface area contributed by atoms with E-state index in [1.807, 2.05) is 0 Å². The first-order valence-electron chi connectivity index (χ1n) is 5.77. The highest BCUT2D eigenvalue weighted by atomic mass is 16.6. The molecule has 0 spiro atoms. The van der Waals surface area contributed by atoms with Crippen molar-refractivity contribution >= 4 is 12.1 Å². The van der Waals surface area contributed by atoms with Crippen molar-refractivity contribution in [1.82, 2.24) is 5.32 Å². The van der Waals surface area contributed by atoms with Crippen LogP contribution in [-0.4, -0.2) is 28.8 Å². The van der Waals surface area contributed by atoms with Crippen LogP contribution in [0.15, 0.2) is 0 Å². The molecule has 0 radical (unpaired) electrons. The quantitative estimate of drug-likeness (QED) is 0.796. The number of rotatable bonds is 4. The minimum Gasteiger partial charge on any atom is -0.481 e. The van der Waals surface area contributed by atoms with Crippen molar-refractivity contribution < 1.29 is 19.4 Å². The first kappa shape index (κ1) is 15.7. The highest BCUT2D eigenvalue weighted by Gasteiger charge is 2.27. The summed E-state index contributed by atoms with van der Waals surface area (Å²) in [6.07, 6.45) is -0.519. The number of carboxylic acid groups (broad SMARTS) is 1. The zero-order chi connectivity index (χ0) is 13.8. The van der Waals surface area contributed by atoms with E-state index < -0.39 is 23.6 Å². The number of hydrogen-bond donors (Lipinski definition) is 2. The standard InChI is InChI=1S/C12H23NO4/c1-7(8(2)10(14)15)9(3)13-11(16)17-12(4,5)6/h7-9H,1-6H3,(H,13,16)(H,14,15)/t7-,8-,9-/m1/s1. The van der Waals surface area contributed by atoms with Crippen LogP contribution in [0.1, 0.15) is 41.5 Å². The molecule has 0 aliphatic rings. The van der Waals surface area contributed by atoms with Crippen LogP contribution < -0.4 is 5.32 Å². The monoisotopic (exact) mass is 245 g/mol. The second-order valence-electron chi connectivity index (χ2n) is 5.42. The summed E-state index contributed by atoms with van der Waals surface area (Å²) in [5, 5.41) is 11.5. The maximum atomic E-state index is 11.5. The molecule has 0 aliphatic carbocycles. The lowest BCUT2D eigenvalue weighted by Gasteiger charge is -2.26. The zero-order valence-electron chi connectivity index (χ0n) is 11.4. The van der Waals surface area contributed by atoms with Crippen LogP contribution in [-0.2, 0) is 9.53 Å². The van der Waals surface area contributed by atoms with Gasteiger partial charge in [0, 0.05) is 6.04 Å². The Labute approximate surface area is 103 Å². The van der Waals surface area contributed by atoms with Gasteiger partial charge in [-0.3, -0.25) is 4.79 Å². The molecule has 2 N–H and O–H groups in total. The van der Waals surface area contributed by atoms with Crippen LogP contribution in [0.2, 0.25) is 0 Å². The van der Waals surface area contributed by atoms with Gasteiger partial charge in [0.25, 0.3) is 0 Å². The number of carbonyl (C=O) groups excluding carboxylic acids is 1. The maximum Gasteiger partial charge on any atom is 0.407 e. The molecule has 100 valence electrons. The number of ether oxygens (including phenoxy) is 1. The van der Waals surface area contributed by atoms with Crippen LogP contribution in [0, 0.1) is 11.8 Å². The maximum absolute atomic E-state index is 11.5. The van der Waals surface area contributed by atoms with Gasteiger partial charge in [-0.2, -0.15) is 0 Å². The van der Waals surface area contributed by atoms with E-state index in [-0.39, 0.29) is 12.0 Å². The summed E-state index contributed by atoms with van der Waals surface area (Å²) in [4.78, 5) is 22.3. The van der Waals surface area contributed by atoms with Gasteiger partial charge in [-0.05, 0) is 33.6 Å². The van der Waals surface area contributed by atoms with Gasteiger partial charge in [-0.1, -0.05) is 13.8 Å². The number of aliphatic carboxylic acids is 1. The molecule has 0 aliphatic heterocycles. The average Bonchev–Trinajstić information content (AvgIpc) is 2.11. The van der Waals surface area contributed by atoms with E-state index in [1.54, 1.807) is 41.5 Å². The largest absolute Gasteiger partial charge is 0.481 e. The Balaban J connectivity index is 4.30. The summed E-state index contributed by atoms with van der Waals surface area (Å²) in [6.45, 7) is 10.5. The van der Waals surface area contributed by atoms with Gasteiger partial charge in [0.1, 0.15) is 5.60 Å². The Morgan fingerprint density at radius 3 is 2.00 bits per heavy atom. The van der Waals surface area contributed by atoms with Gasteiger partial charge in [0.05, 0.1) is 5.92 Å². The van der Waals surface area contributed by atoms with E-state index >= 15 is 0 Å². The minimum atomic E-state index is -0.865. The van der Waals surface area contributed by atoms with Crippen molar-refractivity contribution in [3.8, 4) is 0 Å². The fourth-order valence-corrected chi connectivity index (χ4v) is 1.28. The molecule has 17 heavy (non-hydrogen) atoms. The van der Waals surface area contributed by atoms with E-state index in [2.05, 4.69) is 5.32 Å². The van der Waals surface area contributed by atoms with Crippen molar-refractivity contribution in [2.75, 3.05) is 0 Å². The minimum absolute atomic E-state index is 0.167. The topological polar surface area (TPSA) is 75.6 Å². The molecule has 5 heteroatoms. The lowest BCUT2D eigenvalue weighted by Crippen LogP contribution is -2.43. The number of carbonyl (C=O) groups is 2. The molecule has 0 saturated heterocycles. The van der Waals surface area contributed by atoms with Crippen LogP contribution in [0.5, 0.6) is 0 Å². The summed E-state index contributed by atoms with van der Waals surface area (Å²) in [5.41, 5.74) is -0.550. The summed E-state index contributed by atoms with van der Waals surface area (Å²) in [5.74, 6) is -1.55. The van der Waals surface area contributed by atoms with E-state index in [4.69, 9.17) is 9.84 Å². The molecule has 0 rings (SSSR count). The van der Waals surface area contributed by atoms with Gasteiger partial charge in [-0.25, -0.2) is 4.79 Å². The third-order valence-corrected chi connectivity index (χ3v) is 2.71. The Morgan fingerprint density at radius 1 is 1.18 bits per heavy atom. The lowest BCUT2D eigenvalue weighted by atomic mass is 9.90. The van der Waals surface area contributed by atoms with Gasteiger partial charge < -0.3 is 15.2 Å². The van der Waals surface area contributed by atoms with Crippen LogP contribution in [0.3, 0.4) is 0 Å². The predicted octanol–water partition coefficient (Wildman–Crippen LogP) is 2.26. The summed E-state index contributed by atoms with van der Waals surface area (Å²) >= 11 is 0. The fraction of sp³-hybridized carbons (Fsp3) is 0.833. The van der Waals surface area contributed by atoms with Crippen molar-refractivity contribution in [1.29, 1.82) is 0 Å². The summed E-state index contributed by atoms with van der Waals surface area (Å²) < 4.78 is 5.10. The number of nitrogens with one attached hydrogen (secondary N) is 1. The molecule has 3 atom stereocenters. The van der Waals surface area contributed by atoms with E-state index in [0.717, 1.165) is 0 Å². The summed E-state index contributed by atoms with van der Waals surface area (Å²) in [7, 11) is 0. The molecule has 0 unspecified atom stereocenters. The number of carboxylic acids is 1. The Hall–Kier alpha value is -1.26. The van der Waals surface area contributed by atoms with Crippen molar-refractivity contribution in [2.24, 2.45) is 11.8 Å². The second kappa shape index (κ2) is 5.89. The van der Waals surface area contributed by atoms with Crippen LogP contribution >= 0.6 is 0 Å². The van der Waals surface area contributed by atoms with Gasteiger partial charge in [-0.15, -0.1) is 0 Å². The Bertz CT molecular complexity index is 283. The lowest BCUT2D eigenvalue weighted by molar-refractivity contribution is -0.143. The Kier molecular flexibility index (Phi) is 5.45. The summed E-state index contributed by atoms with van der Waals surface area (Å²) in [6, 6.07) is -0.254. The third kappa shape index (κ3) is 6.14. The van der Waals surface area contributed by atoms with Gasteiger partial charge >= 0.3 is 12.1 Å². The van der Waals surface area contributed by atoms with E-state index in [9.17, 15) is 9.59 Å². The van der Waals surface area contributed by atoms with Crippen LogP contribution in [0.4, 0.5) is 4.79 Å². The smallest absolute Gasteiger partial charge is 0.407 e. The molecule has 0 heterocycles. The molecule has 5 nitrogen and oxygen atoms in total. The molecule has 0 aromatic heterocycles. The third-order valence-electron chi connectivity index (χ3n) is 2.71. The predicted molar refractivity (Wildman–Crippen MR) is 64.8 cm³/mol. The van der Waals surface area contributed by atoms with Crippen molar-refractivity contribution in [3.63, 3.8) is 0 Å².